The molecule has 2 aromatic rings. The Hall–Kier alpha value is -2.01. The molecule has 3 nitrogen and oxygen atoms in total. The summed E-state index contributed by atoms with van der Waals surface area (Å²) in [6, 6.07) is 8.14. The standard InChI is InChI=1S/C16H16F2N2O/c17-13-9-19-10-14(18)16(13)20-7-5-15-12-4-2-1-3-11(12)6-8-21-15/h1-4,9-10,15H,5-8H2,(H,19,20). The lowest BCUT2D eigenvalue weighted by atomic mass is 9.96. The highest BCUT2D eigenvalue weighted by Gasteiger charge is 2.20. The molecule has 0 saturated heterocycles. The van der Waals surface area contributed by atoms with Gasteiger partial charge in [0.05, 0.1) is 25.1 Å². The van der Waals surface area contributed by atoms with Gasteiger partial charge in [0.25, 0.3) is 0 Å². The van der Waals surface area contributed by atoms with Gasteiger partial charge in [-0.15, -0.1) is 0 Å². The molecular weight excluding hydrogens is 274 g/mol. The maximum absolute atomic E-state index is 13.5. The van der Waals surface area contributed by atoms with Gasteiger partial charge in [-0.1, -0.05) is 24.3 Å². The second-order valence-electron chi connectivity index (χ2n) is 5.00. The number of hydrogen-bond acceptors (Lipinski definition) is 3. The molecule has 0 radical (unpaired) electrons. The van der Waals surface area contributed by atoms with Gasteiger partial charge in [0.1, 0.15) is 5.69 Å². The van der Waals surface area contributed by atoms with Crippen molar-refractivity contribution in [2.24, 2.45) is 0 Å². The summed E-state index contributed by atoms with van der Waals surface area (Å²) >= 11 is 0. The Kier molecular flexibility index (Phi) is 4.10. The molecule has 0 spiro atoms. The SMILES string of the molecule is Fc1cncc(F)c1NCCC1OCCc2ccccc21. The van der Waals surface area contributed by atoms with E-state index in [0.29, 0.717) is 19.6 Å². The molecule has 1 N–H and O–H groups in total. The first-order chi connectivity index (χ1) is 10.3. The summed E-state index contributed by atoms with van der Waals surface area (Å²) in [6.07, 6.45) is 3.53. The molecule has 0 saturated carbocycles. The average Bonchev–Trinajstić information content (AvgIpc) is 2.50. The van der Waals surface area contributed by atoms with Crippen LogP contribution >= 0.6 is 0 Å². The fraction of sp³-hybridized carbons (Fsp3) is 0.312. The predicted molar refractivity (Wildman–Crippen MR) is 76.1 cm³/mol. The fourth-order valence-corrected chi connectivity index (χ4v) is 2.62. The van der Waals surface area contributed by atoms with E-state index in [1.807, 2.05) is 18.2 Å². The highest BCUT2D eigenvalue weighted by molar-refractivity contribution is 5.44. The molecule has 2 heterocycles. The van der Waals surface area contributed by atoms with Crippen LogP contribution in [0.5, 0.6) is 0 Å². The highest BCUT2D eigenvalue weighted by atomic mass is 19.1. The van der Waals surface area contributed by atoms with Gasteiger partial charge in [0.15, 0.2) is 11.6 Å². The van der Waals surface area contributed by atoms with Crippen molar-refractivity contribution in [1.29, 1.82) is 0 Å². The summed E-state index contributed by atoms with van der Waals surface area (Å²) < 4.78 is 32.7. The summed E-state index contributed by atoms with van der Waals surface area (Å²) in [5.41, 5.74) is 2.32. The number of nitrogens with zero attached hydrogens (tertiary/aromatic N) is 1. The number of nitrogens with one attached hydrogen (secondary N) is 1. The molecule has 0 fully saturated rings. The number of rotatable bonds is 4. The van der Waals surface area contributed by atoms with Crippen molar-refractivity contribution < 1.29 is 13.5 Å². The predicted octanol–water partition coefficient (Wildman–Crippen LogP) is 3.48. The van der Waals surface area contributed by atoms with Gasteiger partial charge in [-0.05, 0) is 24.0 Å². The number of halogens is 2. The van der Waals surface area contributed by atoms with Crippen molar-refractivity contribution in [2.45, 2.75) is 18.9 Å². The Bertz CT molecular complexity index is 613. The number of hydrogen-bond donors (Lipinski definition) is 1. The molecule has 1 unspecified atom stereocenters. The molecule has 1 atom stereocenters. The molecule has 0 bridgehead atoms. The molecule has 1 aromatic heterocycles. The van der Waals surface area contributed by atoms with Gasteiger partial charge < -0.3 is 10.1 Å². The lowest BCUT2D eigenvalue weighted by molar-refractivity contribution is 0.0389. The van der Waals surface area contributed by atoms with Gasteiger partial charge in [-0.25, -0.2) is 8.78 Å². The largest absolute Gasteiger partial charge is 0.380 e. The van der Waals surface area contributed by atoms with Crippen LogP contribution in [0.25, 0.3) is 0 Å². The third kappa shape index (κ3) is 3.03. The van der Waals surface area contributed by atoms with Crippen molar-refractivity contribution in [3.63, 3.8) is 0 Å². The van der Waals surface area contributed by atoms with Crippen LogP contribution in [0, 0.1) is 11.6 Å². The van der Waals surface area contributed by atoms with Crippen LogP contribution in [0.3, 0.4) is 0 Å². The Morgan fingerprint density at radius 2 is 1.95 bits per heavy atom. The molecule has 3 rings (SSSR count). The molecular formula is C16H16F2N2O. The summed E-state index contributed by atoms with van der Waals surface area (Å²) in [5.74, 6) is -1.36. The van der Waals surface area contributed by atoms with E-state index in [9.17, 15) is 8.78 Å². The van der Waals surface area contributed by atoms with Crippen LogP contribution in [-0.2, 0) is 11.2 Å². The Labute approximate surface area is 122 Å². The van der Waals surface area contributed by atoms with Crippen molar-refractivity contribution in [3.8, 4) is 0 Å². The fourth-order valence-electron chi connectivity index (χ4n) is 2.62. The number of pyridine rings is 1. The molecule has 1 aromatic carbocycles. The number of ether oxygens (including phenoxy) is 1. The normalized spacial score (nSPS) is 17.3. The summed E-state index contributed by atoms with van der Waals surface area (Å²) in [7, 11) is 0. The van der Waals surface area contributed by atoms with Gasteiger partial charge in [0, 0.05) is 6.54 Å². The van der Waals surface area contributed by atoms with E-state index >= 15 is 0 Å². The number of benzene rings is 1. The van der Waals surface area contributed by atoms with Crippen LogP contribution in [0.1, 0.15) is 23.7 Å². The van der Waals surface area contributed by atoms with Crippen molar-refractivity contribution >= 4 is 5.69 Å². The first-order valence-corrected chi connectivity index (χ1v) is 6.98. The molecule has 21 heavy (non-hydrogen) atoms. The van der Waals surface area contributed by atoms with Gasteiger partial charge in [-0.3, -0.25) is 4.98 Å². The third-order valence-corrected chi connectivity index (χ3v) is 3.65. The Balaban J connectivity index is 1.64. The molecule has 0 amide bonds. The summed E-state index contributed by atoms with van der Waals surface area (Å²) in [4.78, 5) is 3.46. The first kappa shape index (κ1) is 13.9. The second kappa shape index (κ2) is 6.18. The minimum absolute atomic E-state index is 0.0320. The average molecular weight is 290 g/mol. The zero-order valence-electron chi connectivity index (χ0n) is 11.5. The van der Waals surface area contributed by atoms with Crippen LogP contribution in [0.15, 0.2) is 36.7 Å². The second-order valence-corrected chi connectivity index (χ2v) is 5.00. The van der Waals surface area contributed by atoms with Crippen molar-refractivity contribution in [1.82, 2.24) is 4.98 Å². The van der Waals surface area contributed by atoms with Crippen molar-refractivity contribution in [2.75, 3.05) is 18.5 Å². The first-order valence-electron chi connectivity index (χ1n) is 6.98. The molecule has 110 valence electrons. The van der Waals surface area contributed by atoms with Crippen LogP contribution in [-0.4, -0.2) is 18.1 Å². The van der Waals surface area contributed by atoms with Gasteiger partial charge >= 0.3 is 0 Å². The number of aromatic nitrogens is 1. The van der Waals surface area contributed by atoms with Gasteiger partial charge in [0.2, 0.25) is 0 Å². The monoisotopic (exact) mass is 290 g/mol. The van der Waals surface area contributed by atoms with Crippen LogP contribution in [0.4, 0.5) is 14.5 Å². The number of anilines is 1. The molecule has 1 aliphatic heterocycles. The van der Waals surface area contributed by atoms with E-state index in [4.69, 9.17) is 4.74 Å². The lowest BCUT2D eigenvalue weighted by Gasteiger charge is -2.26. The quantitative estimate of drug-likeness (QED) is 0.936. The Morgan fingerprint density at radius 3 is 2.76 bits per heavy atom. The molecule has 5 heteroatoms. The smallest absolute Gasteiger partial charge is 0.167 e. The zero-order chi connectivity index (χ0) is 14.7. The summed E-state index contributed by atoms with van der Waals surface area (Å²) in [5, 5.41) is 2.79. The maximum Gasteiger partial charge on any atom is 0.167 e. The summed E-state index contributed by atoms with van der Waals surface area (Å²) in [6.45, 7) is 1.11. The minimum atomic E-state index is -0.681. The lowest BCUT2D eigenvalue weighted by Crippen LogP contribution is -2.19. The zero-order valence-corrected chi connectivity index (χ0v) is 11.5. The maximum atomic E-state index is 13.5. The highest BCUT2D eigenvalue weighted by Crippen LogP contribution is 2.29. The molecule has 1 aliphatic rings. The van der Waals surface area contributed by atoms with E-state index in [1.54, 1.807) is 0 Å². The van der Waals surface area contributed by atoms with E-state index in [0.717, 1.165) is 18.8 Å². The topological polar surface area (TPSA) is 34.2 Å². The third-order valence-electron chi connectivity index (χ3n) is 3.65. The number of fused-ring (bicyclic) bond motifs is 1. The van der Waals surface area contributed by atoms with Crippen molar-refractivity contribution in [3.05, 3.63) is 59.4 Å². The Morgan fingerprint density at radius 1 is 1.19 bits per heavy atom. The van der Waals surface area contributed by atoms with E-state index in [2.05, 4.69) is 16.4 Å². The van der Waals surface area contributed by atoms with Crippen LogP contribution in [0.2, 0.25) is 0 Å². The van der Waals surface area contributed by atoms with E-state index in [1.165, 1.54) is 11.1 Å². The molecule has 0 aliphatic carbocycles. The van der Waals surface area contributed by atoms with E-state index < -0.39 is 11.6 Å². The van der Waals surface area contributed by atoms with E-state index in [-0.39, 0.29) is 11.8 Å². The van der Waals surface area contributed by atoms with Gasteiger partial charge in [-0.2, -0.15) is 0 Å². The van der Waals surface area contributed by atoms with Crippen LogP contribution < -0.4 is 5.32 Å². The minimum Gasteiger partial charge on any atom is -0.380 e.